The van der Waals surface area contributed by atoms with E-state index in [0.29, 0.717) is 17.2 Å². The van der Waals surface area contributed by atoms with Crippen LogP contribution >= 0.6 is 0 Å². The zero-order valence-electron chi connectivity index (χ0n) is 15.0. The second kappa shape index (κ2) is 7.74. The molecule has 0 aromatic heterocycles. The molecule has 1 rings (SSSR count). The molecule has 0 saturated heterocycles. The third-order valence-corrected chi connectivity index (χ3v) is 4.84. The van der Waals surface area contributed by atoms with Gasteiger partial charge in [0.05, 0.1) is 26.2 Å². The van der Waals surface area contributed by atoms with Crippen molar-refractivity contribution >= 4 is 21.6 Å². The van der Waals surface area contributed by atoms with Crippen LogP contribution in [-0.2, 0) is 14.8 Å². The van der Waals surface area contributed by atoms with Crippen molar-refractivity contribution < 1.29 is 22.7 Å². The Balaban J connectivity index is 3.14. The molecular formula is C16H26N2O5S. The van der Waals surface area contributed by atoms with E-state index in [4.69, 9.17) is 9.47 Å². The molecule has 0 bridgehead atoms. The van der Waals surface area contributed by atoms with Crippen molar-refractivity contribution in [2.45, 2.75) is 32.7 Å². The first-order valence-electron chi connectivity index (χ1n) is 7.55. The van der Waals surface area contributed by atoms with E-state index in [-0.39, 0.29) is 12.5 Å². The van der Waals surface area contributed by atoms with Crippen molar-refractivity contribution in [2.24, 2.45) is 0 Å². The number of rotatable bonds is 8. The molecule has 1 N–H and O–H groups in total. The van der Waals surface area contributed by atoms with Crippen LogP contribution in [0, 0.1) is 0 Å². The molecule has 1 aromatic rings. The molecule has 0 aliphatic rings. The zero-order chi connectivity index (χ0) is 18.5. The van der Waals surface area contributed by atoms with Crippen LogP contribution in [0.15, 0.2) is 18.2 Å². The van der Waals surface area contributed by atoms with Crippen molar-refractivity contribution in [3.8, 4) is 11.5 Å². The Morgan fingerprint density at radius 3 is 2.25 bits per heavy atom. The van der Waals surface area contributed by atoms with E-state index in [1.54, 1.807) is 12.1 Å². The van der Waals surface area contributed by atoms with Gasteiger partial charge in [0.25, 0.3) is 0 Å². The second-order valence-corrected chi connectivity index (χ2v) is 8.00. The molecule has 0 fully saturated rings. The summed E-state index contributed by atoms with van der Waals surface area (Å²) in [6, 6.07) is 4.69. The van der Waals surface area contributed by atoms with Gasteiger partial charge < -0.3 is 14.8 Å². The summed E-state index contributed by atoms with van der Waals surface area (Å²) in [4.78, 5) is 12.3. The Bertz CT molecular complexity index is 686. The van der Waals surface area contributed by atoms with Gasteiger partial charge in [-0.2, -0.15) is 0 Å². The number of nitrogens with zero attached hydrogens (tertiary/aromatic N) is 1. The SMILES string of the molecule is CCC(C)(C)NC(=O)CN(c1ccc(OC)c(OC)c1)S(C)(=O)=O. The highest BCUT2D eigenvalue weighted by atomic mass is 32.2. The monoisotopic (exact) mass is 358 g/mol. The number of carbonyl (C=O) groups excluding carboxylic acids is 1. The second-order valence-electron chi connectivity index (χ2n) is 6.09. The molecule has 1 amide bonds. The van der Waals surface area contributed by atoms with Crippen molar-refractivity contribution in [3.05, 3.63) is 18.2 Å². The molecule has 24 heavy (non-hydrogen) atoms. The minimum Gasteiger partial charge on any atom is -0.493 e. The van der Waals surface area contributed by atoms with E-state index < -0.39 is 15.6 Å². The third-order valence-electron chi connectivity index (χ3n) is 3.70. The number of sulfonamides is 1. The van der Waals surface area contributed by atoms with Crippen LogP contribution < -0.4 is 19.1 Å². The summed E-state index contributed by atoms with van der Waals surface area (Å²) in [5.41, 5.74) is -0.0719. The number of hydrogen-bond acceptors (Lipinski definition) is 5. The summed E-state index contributed by atoms with van der Waals surface area (Å²) < 4.78 is 35.6. The lowest BCUT2D eigenvalue weighted by Gasteiger charge is -2.28. The van der Waals surface area contributed by atoms with Crippen molar-refractivity contribution in [3.63, 3.8) is 0 Å². The molecule has 0 aliphatic carbocycles. The first-order valence-corrected chi connectivity index (χ1v) is 9.39. The topological polar surface area (TPSA) is 84.9 Å². The first kappa shape index (κ1) is 20.1. The molecule has 8 heteroatoms. The summed E-state index contributed by atoms with van der Waals surface area (Å²) >= 11 is 0. The number of carbonyl (C=O) groups is 1. The Kier molecular flexibility index (Phi) is 6.48. The van der Waals surface area contributed by atoms with E-state index in [1.807, 2.05) is 20.8 Å². The molecule has 0 saturated carbocycles. The van der Waals surface area contributed by atoms with Crippen LogP contribution in [0.1, 0.15) is 27.2 Å². The Labute approximate surface area is 144 Å². The minimum absolute atomic E-state index is 0.308. The highest BCUT2D eigenvalue weighted by Crippen LogP contribution is 2.32. The number of benzene rings is 1. The summed E-state index contributed by atoms with van der Waals surface area (Å²) in [5, 5.41) is 2.83. The fourth-order valence-corrected chi connectivity index (χ4v) is 2.86. The summed E-state index contributed by atoms with van der Waals surface area (Å²) in [7, 11) is -0.690. The van der Waals surface area contributed by atoms with E-state index >= 15 is 0 Å². The van der Waals surface area contributed by atoms with Crippen LogP contribution in [0.2, 0.25) is 0 Å². The molecule has 0 radical (unpaired) electrons. The van der Waals surface area contributed by atoms with Crippen molar-refractivity contribution in [2.75, 3.05) is 31.3 Å². The number of amides is 1. The van der Waals surface area contributed by atoms with Crippen LogP contribution in [0.3, 0.4) is 0 Å². The third kappa shape index (κ3) is 5.30. The standard InChI is InChI=1S/C16H26N2O5S/c1-7-16(2,3)17-15(19)11-18(24(6,20)21)12-8-9-13(22-4)14(10-12)23-5/h8-10H,7,11H2,1-6H3,(H,17,19). The molecule has 0 unspecified atom stereocenters. The quantitative estimate of drug-likeness (QED) is 0.766. The van der Waals surface area contributed by atoms with Crippen LogP contribution in [0.25, 0.3) is 0 Å². The smallest absolute Gasteiger partial charge is 0.241 e. The minimum atomic E-state index is -3.64. The molecule has 0 atom stereocenters. The Morgan fingerprint density at radius 1 is 1.21 bits per heavy atom. The molecule has 0 heterocycles. The molecule has 0 aliphatic heterocycles. The van der Waals surface area contributed by atoms with Crippen LogP contribution in [0.5, 0.6) is 11.5 Å². The number of ether oxygens (including phenoxy) is 2. The van der Waals surface area contributed by atoms with Gasteiger partial charge in [0.2, 0.25) is 15.9 Å². The van der Waals surface area contributed by atoms with Crippen molar-refractivity contribution in [1.82, 2.24) is 5.32 Å². The molecule has 1 aromatic carbocycles. The number of methoxy groups -OCH3 is 2. The highest BCUT2D eigenvalue weighted by Gasteiger charge is 2.25. The Morgan fingerprint density at radius 2 is 1.79 bits per heavy atom. The van der Waals surface area contributed by atoms with Crippen LogP contribution in [-0.4, -0.2) is 46.9 Å². The van der Waals surface area contributed by atoms with Crippen molar-refractivity contribution in [1.29, 1.82) is 0 Å². The summed E-state index contributed by atoms with van der Waals surface area (Å²) in [6.45, 7) is 5.40. The first-order chi connectivity index (χ1) is 11.0. The number of anilines is 1. The summed E-state index contributed by atoms with van der Waals surface area (Å²) in [5.74, 6) is 0.492. The highest BCUT2D eigenvalue weighted by molar-refractivity contribution is 7.92. The van der Waals surface area contributed by atoms with Gasteiger partial charge in [0, 0.05) is 11.6 Å². The van der Waals surface area contributed by atoms with E-state index in [9.17, 15) is 13.2 Å². The van der Waals surface area contributed by atoms with Gasteiger partial charge in [-0.05, 0) is 32.4 Å². The molecule has 136 valence electrons. The van der Waals surface area contributed by atoms with E-state index in [0.717, 1.165) is 17.0 Å². The fraction of sp³-hybridized carbons (Fsp3) is 0.562. The van der Waals surface area contributed by atoms with E-state index in [1.165, 1.54) is 20.3 Å². The predicted octanol–water partition coefficient (Wildman–Crippen LogP) is 1.77. The fourth-order valence-electron chi connectivity index (χ4n) is 2.02. The maximum Gasteiger partial charge on any atom is 0.241 e. The Hall–Kier alpha value is -1.96. The van der Waals surface area contributed by atoms with Gasteiger partial charge in [-0.25, -0.2) is 8.42 Å². The van der Waals surface area contributed by atoms with Gasteiger partial charge in [-0.1, -0.05) is 6.92 Å². The molecule has 7 nitrogen and oxygen atoms in total. The average molecular weight is 358 g/mol. The normalized spacial score (nSPS) is 11.8. The number of hydrogen-bond donors (Lipinski definition) is 1. The lowest BCUT2D eigenvalue weighted by molar-refractivity contribution is -0.121. The van der Waals surface area contributed by atoms with Crippen LogP contribution in [0.4, 0.5) is 5.69 Å². The largest absolute Gasteiger partial charge is 0.493 e. The lowest BCUT2D eigenvalue weighted by Crippen LogP contribution is -2.48. The van der Waals surface area contributed by atoms with Gasteiger partial charge in [0.1, 0.15) is 6.54 Å². The summed E-state index contributed by atoms with van der Waals surface area (Å²) in [6.07, 6.45) is 1.79. The number of nitrogens with one attached hydrogen (secondary N) is 1. The van der Waals surface area contributed by atoms with Gasteiger partial charge in [-0.3, -0.25) is 9.10 Å². The zero-order valence-corrected chi connectivity index (χ0v) is 15.9. The van der Waals surface area contributed by atoms with Gasteiger partial charge in [-0.15, -0.1) is 0 Å². The molecule has 0 spiro atoms. The maximum absolute atomic E-state index is 12.3. The lowest BCUT2D eigenvalue weighted by atomic mass is 10.0. The maximum atomic E-state index is 12.3. The van der Waals surface area contributed by atoms with Gasteiger partial charge in [0.15, 0.2) is 11.5 Å². The van der Waals surface area contributed by atoms with Gasteiger partial charge >= 0.3 is 0 Å². The predicted molar refractivity (Wildman–Crippen MR) is 94.2 cm³/mol. The molecular weight excluding hydrogens is 332 g/mol. The van der Waals surface area contributed by atoms with E-state index in [2.05, 4.69) is 5.32 Å². The average Bonchev–Trinajstić information content (AvgIpc) is 2.50.